The lowest BCUT2D eigenvalue weighted by molar-refractivity contribution is -0.0457. The summed E-state index contributed by atoms with van der Waals surface area (Å²) in [5, 5.41) is 4.93. The van der Waals surface area contributed by atoms with E-state index in [4.69, 9.17) is 9.47 Å². The van der Waals surface area contributed by atoms with Crippen LogP contribution in [0.25, 0.3) is 10.8 Å². The summed E-state index contributed by atoms with van der Waals surface area (Å²) >= 11 is 0. The number of rotatable bonds is 5. The van der Waals surface area contributed by atoms with Crippen LogP contribution in [0.2, 0.25) is 0 Å². The molecule has 1 saturated heterocycles. The summed E-state index contributed by atoms with van der Waals surface area (Å²) in [6, 6.07) is 7.38. The van der Waals surface area contributed by atoms with E-state index >= 15 is 0 Å². The summed E-state index contributed by atoms with van der Waals surface area (Å²) in [4.78, 5) is 16.9. The summed E-state index contributed by atoms with van der Waals surface area (Å²) in [5.41, 5.74) is 1.87. The maximum Gasteiger partial charge on any atom is 0.252 e. The van der Waals surface area contributed by atoms with Gasteiger partial charge in [-0.15, -0.1) is 0 Å². The predicted octanol–water partition coefficient (Wildman–Crippen LogP) is 3.10. The van der Waals surface area contributed by atoms with Crippen LogP contribution in [0.1, 0.15) is 30.6 Å². The second-order valence-electron chi connectivity index (χ2n) is 6.50. The molecule has 2 aromatic rings. The molecule has 1 aliphatic rings. The summed E-state index contributed by atoms with van der Waals surface area (Å²) in [5.74, 6) is -0.108. The molecule has 1 amide bonds. The molecule has 132 valence electrons. The molecule has 25 heavy (non-hydrogen) atoms. The number of nitrogens with zero attached hydrogens (tertiary/aromatic N) is 1. The van der Waals surface area contributed by atoms with Crippen molar-refractivity contribution in [2.75, 3.05) is 19.8 Å². The third-order valence-electron chi connectivity index (χ3n) is 4.34. The van der Waals surface area contributed by atoms with E-state index in [0.29, 0.717) is 25.4 Å². The molecule has 1 aromatic heterocycles. The van der Waals surface area contributed by atoms with Gasteiger partial charge in [-0.05, 0) is 37.8 Å². The highest BCUT2D eigenvalue weighted by Gasteiger charge is 2.28. The largest absolute Gasteiger partial charge is 0.379 e. The lowest BCUT2D eigenvalue weighted by Gasteiger charge is -2.32. The third-order valence-corrected chi connectivity index (χ3v) is 4.34. The highest BCUT2D eigenvalue weighted by molar-refractivity contribution is 6.06. The van der Waals surface area contributed by atoms with E-state index in [9.17, 15) is 4.79 Å². The van der Waals surface area contributed by atoms with Crippen LogP contribution in [0.15, 0.2) is 48.3 Å². The van der Waals surface area contributed by atoms with Crippen molar-refractivity contribution in [2.24, 2.45) is 0 Å². The quantitative estimate of drug-likeness (QED) is 0.850. The van der Waals surface area contributed by atoms with E-state index in [1.54, 1.807) is 12.4 Å². The minimum Gasteiger partial charge on any atom is -0.379 e. The summed E-state index contributed by atoms with van der Waals surface area (Å²) in [6.45, 7) is 5.77. The number of allylic oxidation sites excluding steroid dienone is 1. The lowest BCUT2D eigenvalue weighted by atomic mass is 10.0. The Hall–Kier alpha value is -2.24. The molecule has 0 spiro atoms. The average Bonchev–Trinajstić information content (AvgIpc) is 2.62. The Balaban J connectivity index is 1.72. The summed E-state index contributed by atoms with van der Waals surface area (Å²) in [7, 11) is 0. The predicted molar refractivity (Wildman–Crippen MR) is 97.6 cm³/mol. The standard InChI is InChI=1S/C20H24N2O3/c1-14(2)7-11-25-19-8-10-24-13-18(19)22-20(23)17-5-3-4-15-12-21-9-6-16(15)17/h3-7,9,12,18-19H,8,10-11,13H2,1-2H3,(H,22,23)/t18-,19+/m1/s1. The number of carbonyl (C=O) groups excluding carboxylic acids is 1. The number of benzene rings is 1. The molecule has 5 nitrogen and oxygen atoms in total. The molecule has 2 atom stereocenters. The van der Waals surface area contributed by atoms with Gasteiger partial charge < -0.3 is 14.8 Å². The van der Waals surface area contributed by atoms with E-state index in [-0.39, 0.29) is 18.1 Å². The van der Waals surface area contributed by atoms with Gasteiger partial charge in [-0.1, -0.05) is 23.8 Å². The Morgan fingerprint density at radius 1 is 1.40 bits per heavy atom. The van der Waals surface area contributed by atoms with Crippen molar-refractivity contribution in [3.8, 4) is 0 Å². The molecular formula is C20H24N2O3. The molecule has 0 saturated carbocycles. The van der Waals surface area contributed by atoms with Crippen LogP contribution < -0.4 is 5.32 Å². The lowest BCUT2D eigenvalue weighted by Crippen LogP contribution is -2.50. The Labute approximate surface area is 148 Å². The normalized spacial score (nSPS) is 20.2. The highest BCUT2D eigenvalue weighted by atomic mass is 16.5. The average molecular weight is 340 g/mol. The number of fused-ring (bicyclic) bond motifs is 1. The molecule has 1 aliphatic heterocycles. The van der Waals surface area contributed by atoms with Gasteiger partial charge in [0.1, 0.15) is 0 Å². The first-order valence-corrected chi connectivity index (χ1v) is 8.61. The Bertz CT molecular complexity index is 763. The first kappa shape index (κ1) is 17.6. The fourth-order valence-electron chi connectivity index (χ4n) is 2.96. The number of nitrogens with one attached hydrogen (secondary N) is 1. The second-order valence-corrected chi connectivity index (χ2v) is 6.50. The van der Waals surface area contributed by atoms with Crippen molar-refractivity contribution in [3.05, 3.63) is 53.9 Å². The monoisotopic (exact) mass is 340 g/mol. The minimum absolute atomic E-state index is 0.0371. The second kappa shape index (κ2) is 8.23. The van der Waals surface area contributed by atoms with Crippen molar-refractivity contribution >= 4 is 16.7 Å². The van der Waals surface area contributed by atoms with Crippen LogP contribution in [0.3, 0.4) is 0 Å². The van der Waals surface area contributed by atoms with Crippen LogP contribution >= 0.6 is 0 Å². The van der Waals surface area contributed by atoms with Crippen LogP contribution in [-0.4, -0.2) is 42.9 Å². The first-order valence-electron chi connectivity index (χ1n) is 8.61. The molecule has 0 bridgehead atoms. The Kier molecular flexibility index (Phi) is 5.79. The number of ether oxygens (including phenoxy) is 2. The van der Waals surface area contributed by atoms with Crippen molar-refractivity contribution in [2.45, 2.75) is 32.4 Å². The molecule has 1 aromatic carbocycles. The fraction of sp³-hybridized carbons (Fsp3) is 0.400. The van der Waals surface area contributed by atoms with Crippen LogP contribution in [-0.2, 0) is 9.47 Å². The molecule has 2 heterocycles. The van der Waals surface area contributed by atoms with Gasteiger partial charge in [-0.3, -0.25) is 9.78 Å². The van der Waals surface area contributed by atoms with E-state index in [0.717, 1.165) is 17.2 Å². The van der Waals surface area contributed by atoms with Crippen molar-refractivity contribution < 1.29 is 14.3 Å². The topological polar surface area (TPSA) is 60.5 Å². The third kappa shape index (κ3) is 4.44. The van der Waals surface area contributed by atoms with Gasteiger partial charge in [0.05, 0.1) is 25.4 Å². The number of aromatic nitrogens is 1. The molecule has 0 unspecified atom stereocenters. The number of carbonyl (C=O) groups is 1. The number of amides is 1. The molecule has 0 aliphatic carbocycles. The SMILES string of the molecule is CC(C)=CCO[C@H]1CCOC[C@H]1NC(=O)c1cccc2cnccc12. The van der Waals surface area contributed by atoms with E-state index in [2.05, 4.69) is 10.3 Å². The van der Waals surface area contributed by atoms with Crippen molar-refractivity contribution in [1.82, 2.24) is 10.3 Å². The maximum atomic E-state index is 12.8. The molecule has 0 radical (unpaired) electrons. The van der Waals surface area contributed by atoms with E-state index in [1.165, 1.54) is 5.57 Å². The number of hydrogen-bond acceptors (Lipinski definition) is 4. The fourth-order valence-corrected chi connectivity index (χ4v) is 2.96. The molecular weight excluding hydrogens is 316 g/mol. The zero-order valence-corrected chi connectivity index (χ0v) is 14.7. The van der Waals surface area contributed by atoms with E-state index < -0.39 is 0 Å². The van der Waals surface area contributed by atoms with Gasteiger partial charge in [0.2, 0.25) is 0 Å². The van der Waals surface area contributed by atoms with Gasteiger partial charge in [0.15, 0.2) is 0 Å². The minimum atomic E-state index is -0.149. The van der Waals surface area contributed by atoms with Crippen LogP contribution in [0.4, 0.5) is 0 Å². The summed E-state index contributed by atoms with van der Waals surface area (Å²) in [6.07, 6.45) is 6.26. The van der Waals surface area contributed by atoms with Gasteiger partial charge in [-0.2, -0.15) is 0 Å². The van der Waals surface area contributed by atoms with Gasteiger partial charge in [0, 0.05) is 30.0 Å². The molecule has 5 heteroatoms. The Morgan fingerprint density at radius 3 is 3.12 bits per heavy atom. The molecule has 1 N–H and O–H groups in total. The van der Waals surface area contributed by atoms with Crippen LogP contribution in [0.5, 0.6) is 0 Å². The summed E-state index contributed by atoms with van der Waals surface area (Å²) < 4.78 is 11.5. The maximum absolute atomic E-state index is 12.8. The number of pyridine rings is 1. The Morgan fingerprint density at radius 2 is 2.28 bits per heavy atom. The van der Waals surface area contributed by atoms with Crippen LogP contribution in [0, 0.1) is 0 Å². The smallest absolute Gasteiger partial charge is 0.252 e. The number of hydrogen-bond donors (Lipinski definition) is 1. The van der Waals surface area contributed by atoms with Crippen molar-refractivity contribution in [3.63, 3.8) is 0 Å². The zero-order valence-electron chi connectivity index (χ0n) is 14.7. The zero-order chi connectivity index (χ0) is 17.6. The first-order chi connectivity index (χ1) is 12.1. The highest BCUT2D eigenvalue weighted by Crippen LogP contribution is 2.19. The van der Waals surface area contributed by atoms with Gasteiger partial charge >= 0.3 is 0 Å². The van der Waals surface area contributed by atoms with Crippen molar-refractivity contribution in [1.29, 1.82) is 0 Å². The van der Waals surface area contributed by atoms with Gasteiger partial charge in [-0.25, -0.2) is 0 Å². The molecule has 1 fully saturated rings. The van der Waals surface area contributed by atoms with Gasteiger partial charge in [0.25, 0.3) is 5.91 Å². The van der Waals surface area contributed by atoms with E-state index in [1.807, 2.05) is 44.2 Å². The molecule has 3 rings (SSSR count).